The number of nitrogens with one attached hydrogen (secondary N) is 3. The van der Waals surface area contributed by atoms with Gasteiger partial charge >= 0.3 is 6.18 Å². The molecule has 0 radical (unpaired) electrons. The lowest BCUT2D eigenvalue weighted by atomic mass is 10.0. The third-order valence-corrected chi connectivity index (χ3v) is 6.30. The first-order valence-electron chi connectivity index (χ1n) is 11.3. The molecule has 0 saturated carbocycles. The van der Waals surface area contributed by atoms with Crippen molar-refractivity contribution in [2.75, 3.05) is 17.3 Å². The largest absolute Gasteiger partial charge is 0.418 e. The number of anilines is 2. The lowest BCUT2D eigenvalue weighted by Crippen LogP contribution is -2.57. The normalized spacial score (nSPS) is 16.9. The molecule has 2 heterocycles. The van der Waals surface area contributed by atoms with Crippen LogP contribution in [-0.2, 0) is 27.0 Å². The van der Waals surface area contributed by atoms with Crippen LogP contribution in [0.4, 0.5) is 24.7 Å². The van der Waals surface area contributed by atoms with Crippen LogP contribution < -0.4 is 20.9 Å². The van der Waals surface area contributed by atoms with Crippen LogP contribution in [0.1, 0.15) is 31.9 Å². The predicted molar refractivity (Wildman–Crippen MR) is 130 cm³/mol. The molecule has 0 unspecified atom stereocenters. The number of benzene rings is 1. The zero-order valence-corrected chi connectivity index (χ0v) is 20.9. The van der Waals surface area contributed by atoms with E-state index >= 15 is 0 Å². The fourth-order valence-corrected chi connectivity index (χ4v) is 4.11. The molecule has 8 nitrogen and oxygen atoms in total. The van der Waals surface area contributed by atoms with Crippen molar-refractivity contribution in [2.24, 2.45) is 5.92 Å². The van der Waals surface area contributed by atoms with Gasteiger partial charge in [0.2, 0.25) is 11.8 Å². The number of pyridine rings is 1. The van der Waals surface area contributed by atoms with Crippen molar-refractivity contribution in [3.63, 3.8) is 0 Å². The van der Waals surface area contributed by atoms with E-state index in [0.29, 0.717) is 5.56 Å². The van der Waals surface area contributed by atoms with Gasteiger partial charge in [0.25, 0.3) is 5.91 Å². The maximum atomic E-state index is 13.7. The second-order valence-electron chi connectivity index (χ2n) is 8.80. The minimum atomic E-state index is -4.76. The van der Waals surface area contributed by atoms with E-state index < -0.39 is 53.3 Å². The fourth-order valence-electron chi connectivity index (χ4n) is 3.89. The van der Waals surface area contributed by atoms with Gasteiger partial charge in [0.1, 0.15) is 17.9 Å². The van der Waals surface area contributed by atoms with E-state index in [4.69, 9.17) is 11.6 Å². The van der Waals surface area contributed by atoms with Crippen molar-refractivity contribution >= 4 is 40.8 Å². The highest BCUT2D eigenvalue weighted by molar-refractivity contribution is 6.34. The number of rotatable bonds is 7. The second kappa shape index (κ2) is 10.8. The van der Waals surface area contributed by atoms with Crippen molar-refractivity contribution < 1.29 is 27.6 Å². The average Bonchev–Trinajstić information content (AvgIpc) is 3.21. The van der Waals surface area contributed by atoms with Crippen molar-refractivity contribution in [1.82, 2.24) is 15.6 Å². The number of hydrogen-bond donors (Lipinski definition) is 3. The Labute approximate surface area is 211 Å². The van der Waals surface area contributed by atoms with E-state index in [-0.39, 0.29) is 23.2 Å². The minimum Gasteiger partial charge on any atom is -0.343 e. The zero-order chi connectivity index (χ0) is 26.8. The van der Waals surface area contributed by atoms with E-state index in [1.807, 2.05) is 0 Å². The van der Waals surface area contributed by atoms with Crippen molar-refractivity contribution in [2.45, 2.75) is 51.5 Å². The summed E-state index contributed by atoms with van der Waals surface area (Å²) >= 11 is 6.01. The summed E-state index contributed by atoms with van der Waals surface area (Å²) in [4.78, 5) is 45.0. The first-order chi connectivity index (χ1) is 16.9. The maximum absolute atomic E-state index is 13.7. The van der Waals surface area contributed by atoms with Gasteiger partial charge in [-0.05, 0) is 43.7 Å². The maximum Gasteiger partial charge on any atom is 0.418 e. The molecule has 0 aliphatic carbocycles. The molecule has 0 spiro atoms. The van der Waals surface area contributed by atoms with Crippen LogP contribution in [-0.4, -0.2) is 47.9 Å². The lowest BCUT2D eigenvalue weighted by molar-refractivity contribution is -0.137. The molecule has 1 aliphatic rings. The summed E-state index contributed by atoms with van der Waals surface area (Å²) < 4.78 is 40.7. The van der Waals surface area contributed by atoms with E-state index in [1.165, 1.54) is 12.3 Å². The Bertz CT molecular complexity index is 1160. The summed E-state index contributed by atoms with van der Waals surface area (Å²) in [5, 5.41) is 7.47. The number of amides is 3. The van der Waals surface area contributed by atoms with Gasteiger partial charge in [-0.25, -0.2) is 4.98 Å². The minimum absolute atomic E-state index is 0.0260. The molecular formula is C24H27ClF3N5O3. The van der Waals surface area contributed by atoms with Gasteiger partial charge < -0.3 is 16.0 Å². The first-order valence-corrected chi connectivity index (χ1v) is 11.7. The summed E-state index contributed by atoms with van der Waals surface area (Å²) in [7, 11) is 1.60. The van der Waals surface area contributed by atoms with Crippen LogP contribution in [0, 0.1) is 5.92 Å². The summed E-state index contributed by atoms with van der Waals surface area (Å²) in [6, 6.07) is 3.68. The Hall–Kier alpha value is -3.18. The summed E-state index contributed by atoms with van der Waals surface area (Å²) in [6.45, 7) is 5.09. The Morgan fingerprint density at radius 2 is 1.83 bits per heavy atom. The Kier molecular flexibility index (Phi) is 8.25. The molecule has 3 amide bonds. The number of fused-ring (bicyclic) bond motifs is 1. The molecule has 2 aromatic rings. The molecule has 0 fully saturated rings. The zero-order valence-electron chi connectivity index (χ0n) is 20.1. The molecule has 3 atom stereocenters. The Morgan fingerprint density at radius 1 is 1.14 bits per heavy atom. The number of aromatic nitrogens is 1. The molecule has 1 aromatic heterocycles. The average molecular weight is 526 g/mol. The quantitative estimate of drug-likeness (QED) is 0.514. The predicted octanol–water partition coefficient (Wildman–Crippen LogP) is 3.40. The number of hydrogen-bond acceptors (Lipinski definition) is 5. The fraction of sp³-hybridized carbons (Fsp3) is 0.417. The number of halogens is 4. The van der Waals surface area contributed by atoms with Crippen LogP contribution in [0.15, 0.2) is 36.5 Å². The molecule has 36 heavy (non-hydrogen) atoms. The molecule has 194 valence electrons. The van der Waals surface area contributed by atoms with Crippen LogP contribution in [0.5, 0.6) is 0 Å². The van der Waals surface area contributed by atoms with Crippen LogP contribution in [0.2, 0.25) is 5.02 Å². The number of carbonyl (C=O) groups excluding carboxylic acids is 3. The molecule has 1 aromatic carbocycles. The lowest BCUT2D eigenvalue weighted by Gasteiger charge is -2.31. The van der Waals surface area contributed by atoms with Gasteiger partial charge in [-0.3, -0.25) is 19.3 Å². The highest BCUT2D eigenvalue weighted by atomic mass is 35.5. The SMILES string of the molecule is CN[C@@H](C)C(=O)N[C@H](C(=O)N1c2ncccc2C[C@H]1C(=O)Nc1c(Cl)cccc1C(F)(F)F)C(C)C. The third kappa shape index (κ3) is 5.62. The van der Waals surface area contributed by atoms with Gasteiger partial charge in [-0.15, -0.1) is 0 Å². The van der Waals surface area contributed by atoms with Crippen molar-refractivity contribution in [3.8, 4) is 0 Å². The molecule has 1 aliphatic heterocycles. The second-order valence-corrected chi connectivity index (χ2v) is 9.21. The van der Waals surface area contributed by atoms with Gasteiger partial charge in [-0.2, -0.15) is 13.2 Å². The standard InChI is InChI=1S/C24H27ClF3N5O3/c1-12(2)18(31-21(34)13(3)29-4)23(36)33-17(11-14-7-6-10-30-20(14)33)22(35)32-19-15(24(26,27)28)8-5-9-16(19)25/h5-10,12-13,17-18,29H,11H2,1-4H3,(H,31,34)(H,32,35)/t13-,17-,18-/m0/s1. The number of likely N-dealkylation sites (N-methyl/N-ethyl adjacent to an activating group) is 1. The van der Waals surface area contributed by atoms with Gasteiger partial charge in [0.05, 0.1) is 22.3 Å². The molecule has 12 heteroatoms. The highest BCUT2D eigenvalue weighted by Gasteiger charge is 2.44. The molecular weight excluding hydrogens is 499 g/mol. The van der Waals surface area contributed by atoms with E-state index in [9.17, 15) is 27.6 Å². The summed E-state index contributed by atoms with van der Waals surface area (Å²) in [5.41, 5.74) is -1.13. The van der Waals surface area contributed by atoms with Crippen LogP contribution in [0.25, 0.3) is 0 Å². The number of carbonyl (C=O) groups is 3. The highest BCUT2D eigenvalue weighted by Crippen LogP contribution is 2.39. The number of alkyl halides is 3. The van der Waals surface area contributed by atoms with Crippen molar-refractivity contribution in [1.29, 1.82) is 0 Å². The Balaban J connectivity index is 1.98. The topological polar surface area (TPSA) is 103 Å². The molecule has 3 rings (SSSR count). The first kappa shape index (κ1) is 27.4. The summed E-state index contributed by atoms with van der Waals surface area (Å²) in [5.74, 6) is -2.04. The third-order valence-electron chi connectivity index (χ3n) is 5.98. The van der Waals surface area contributed by atoms with Crippen LogP contribution >= 0.6 is 11.6 Å². The molecule has 0 saturated heterocycles. The smallest absolute Gasteiger partial charge is 0.343 e. The van der Waals surface area contributed by atoms with Gasteiger partial charge in [0.15, 0.2) is 0 Å². The van der Waals surface area contributed by atoms with Gasteiger partial charge in [-0.1, -0.05) is 37.6 Å². The number of para-hydroxylation sites is 1. The van der Waals surface area contributed by atoms with E-state index in [1.54, 1.807) is 40.0 Å². The van der Waals surface area contributed by atoms with E-state index in [2.05, 4.69) is 20.9 Å². The molecule has 0 bridgehead atoms. The van der Waals surface area contributed by atoms with Gasteiger partial charge in [0, 0.05) is 12.6 Å². The van der Waals surface area contributed by atoms with E-state index in [0.717, 1.165) is 17.0 Å². The summed E-state index contributed by atoms with van der Waals surface area (Å²) in [6.07, 6.45) is -3.29. The monoisotopic (exact) mass is 525 g/mol. The van der Waals surface area contributed by atoms with Crippen molar-refractivity contribution in [3.05, 3.63) is 52.7 Å². The number of nitrogens with zero attached hydrogens (tertiary/aromatic N) is 2. The van der Waals surface area contributed by atoms with Crippen LogP contribution in [0.3, 0.4) is 0 Å². The molecule has 3 N–H and O–H groups in total. The Morgan fingerprint density at radius 3 is 2.44 bits per heavy atom.